The van der Waals surface area contributed by atoms with Crippen molar-refractivity contribution in [1.82, 2.24) is 0 Å². The standard InChI is InChI=1S/C18H18N2O3S/c1-13-3-4-14(15-9-10-23-12-15)11-18(13)20(2)24(21,22)17-7-5-16(19)6-8-17/h3-12H,19H2,1-2H3. The van der Waals surface area contributed by atoms with Gasteiger partial charge in [-0.1, -0.05) is 12.1 Å². The molecule has 1 aromatic heterocycles. The van der Waals surface area contributed by atoms with Gasteiger partial charge in [0, 0.05) is 18.3 Å². The van der Waals surface area contributed by atoms with Crippen LogP contribution in [0.4, 0.5) is 11.4 Å². The Kier molecular flexibility index (Phi) is 4.07. The molecule has 2 N–H and O–H groups in total. The molecule has 0 amide bonds. The Morgan fingerprint density at radius 3 is 2.33 bits per heavy atom. The first kappa shape index (κ1) is 16.1. The smallest absolute Gasteiger partial charge is 0.264 e. The molecule has 3 rings (SSSR count). The summed E-state index contributed by atoms with van der Waals surface area (Å²) in [7, 11) is -2.11. The van der Waals surface area contributed by atoms with Gasteiger partial charge in [0.1, 0.15) is 0 Å². The molecule has 0 aliphatic carbocycles. The highest BCUT2D eigenvalue weighted by molar-refractivity contribution is 7.92. The molecule has 0 radical (unpaired) electrons. The number of hydrogen-bond donors (Lipinski definition) is 1. The van der Waals surface area contributed by atoms with Crippen LogP contribution >= 0.6 is 0 Å². The summed E-state index contributed by atoms with van der Waals surface area (Å²) in [6.07, 6.45) is 3.21. The third-order valence-corrected chi connectivity index (χ3v) is 5.73. The predicted octanol–water partition coefficient (Wildman–Crippen LogP) is 3.66. The van der Waals surface area contributed by atoms with Crippen LogP contribution in [-0.4, -0.2) is 15.5 Å². The number of furan rings is 1. The van der Waals surface area contributed by atoms with Gasteiger partial charge in [-0.05, 0) is 54.4 Å². The lowest BCUT2D eigenvalue weighted by Gasteiger charge is -2.22. The van der Waals surface area contributed by atoms with Crippen LogP contribution in [0.1, 0.15) is 5.56 Å². The molecule has 3 aromatic rings. The van der Waals surface area contributed by atoms with Gasteiger partial charge in [-0.25, -0.2) is 8.42 Å². The summed E-state index contributed by atoms with van der Waals surface area (Å²) in [5.74, 6) is 0. The minimum atomic E-state index is -3.66. The molecule has 0 unspecified atom stereocenters. The van der Waals surface area contributed by atoms with Crippen molar-refractivity contribution in [2.45, 2.75) is 11.8 Å². The van der Waals surface area contributed by atoms with Gasteiger partial charge in [0.05, 0.1) is 23.1 Å². The van der Waals surface area contributed by atoms with E-state index in [1.165, 1.54) is 16.4 Å². The average molecular weight is 342 g/mol. The summed E-state index contributed by atoms with van der Waals surface area (Å²) in [5.41, 5.74) is 9.43. The normalized spacial score (nSPS) is 11.4. The Labute approximate surface area is 141 Å². The number of anilines is 2. The van der Waals surface area contributed by atoms with Gasteiger partial charge in [-0.2, -0.15) is 0 Å². The quantitative estimate of drug-likeness (QED) is 0.734. The average Bonchev–Trinajstić information content (AvgIpc) is 3.09. The van der Waals surface area contributed by atoms with Crippen LogP contribution in [0.3, 0.4) is 0 Å². The Bertz CT molecular complexity index is 946. The van der Waals surface area contributed by atoms with Gasteiger partial charge in [0.25, 0.3) is 10.0 Å². The van der Waals surface area contributed by atoms with Gasteiger partial charge >= 0.3 is 0 Å². The fourth-order valence-corrected chi connectivity index (χ4v) is 3.74. The summed E-state index contributed by atoms with van der Waals surface area (Å²) in [6.45, 7) is 1.88. The molecule has 0 bridgehead atoms. The monoisotopic (exact) mass is 342 g/mol. The van der Waals surface area contributed by atoms with Gasteiger partial charge in [-0.3, -0.25) is 4.31 Å². The van der Waals surface area contributed by atoms with E-state index in [-0.39, 0.29) is 4.90 Å². The Hall–Kier alpha value is -2.73. The molecule has 24 heavy (non-hydrogen) atoms. The van der Waals surface area contributed by atoms with Crippen LogP contribution in [0.15, 0.2) is 70.4 Å². The van der Waals surface area contributed by atoms with Crippen molar-refractivity contribution in [3.8, 4) is 11.1 Å². The van der Waals surface area contributed by atoms with E-state index in [1.54, 1.807) is 31.7 Å². The van der Waals surface area contributed by atoms with Crippen LogP contribution in [0.25, 0.3) is 11.1 Å². The van der Waals surface area contributed by atoms with E-state index in [4.69, 9.17) is 10.2 Å². The number of aryl methyl sites for hydroxylation is 1. The molecule has 5 nitrogen and oxygen atoms in total. The first-order valence-corrected chi connectivity index (χ1v) is 8.81. The topological polar surface area (TPSA) is 76.5 Å². The zero-order valence-electron chi connectivity index (χ0n) is 13.4. The van der Waals surface area contributed by atoms with Crippen molar-refractivity contribution in [3.05, 3.63) is 66.6 Å². The van der Waals surface area contributed by atoms with Crippen LogP contribution in [0, 0.1) is 6.92 Å². The Balaban J connectivity index is 2.04. The van der Waals surface area contributed by atoms with E-state index in [1.807, 2.05) is 31.2 Å². The summed E-state index contributed by atoms with van der Waals surface area (Å²) in [6, 6.07) is 13.7. The maximum Gasteiger partial charge on any atom is 0.264 e. The molecule has 0 fully saturated rings. The van der Waals surface area contributed by atoms with Crippen LogP contribution in [-0.2, 0) is 10.0 Å². The minimum absolute atomic E-state index is 0.201. The number of nitrogens with two attached hydrogens (primary N) is 1. The predicted molar refractivity (Wildman–Crippen MR) is 95.3 cm³/mol. The van der Waals surface area contributed by atoms with Gasteiger partial charge in [0.15, 0.2) is 0 Å². The van der Waals surface area contributed by atoms with Crippen LogP contribution in [0.2, 0.25) is 0 Å². The Morgan fingerprint density at radius 1 is 1.00 bits per heavy atom. The first-order valence-electron chi connectivity index (χ1n) is 7.37. The van der Waals surface area contributed by atoms with Crippen molar-refractivity contribution < 1.29 is 12.8 Å². The van der Waals surface area contributed by atoms with E-state index in [2.05, 4.69) is 0 Å². The molecule has 6 heteroatoms. The number of hydrogen-bond acceptors (Lipinski definition) is 4. The molecule has 2 aromatic carbocycles. The summed E-state index contributed by atoms with van der Waals surface area (Å²) in [5, 5.41) is 0. The molecule has 1 heterocycles. The molecule has 0 aliphatic heterocycles. The molecule has 0 aliphatic rings. The number of nitrogen functional groups attached to an aromatic ring is 1. The SMILES string of the molecule is Cc1ccc(-c2ccoc2)cc1N(C)S(=O)(=O)c1ccc(N)cc1. The maximum absolute atomic E-state index is 12.9. The van der Waals surface area contributed by atoms with Crippen molar-refractivity contribution in [1.29, 1.82) is 0 Å². The van der Waals surface area contributed by atoms with E-state index in [0.717, 1.165) is 16.7 Å². The van der Waals surface area contributed by atoms with E-state index in [0.29, 0.717) is 11.4 Å². The molecular formula is C18H18N2O3S. The summed E-state index contributed by atoms with van der Waals surface area (Å²) in [4.78, 5) is 0.201. The third kappa shape index (κ3) is 2.88. The second-order valence-electron chi connectivity index (χ2n) is 5.55. The molecule has 0 saturated heterocycles. The highest BCUT2D eigenvalue weighted by Crippen LogP contribution is 2.30. The van der Waals surface area contributed by atoms with E-state index < -0.39 is 10.0 Å². The zero-order valence-corrected chi connectivity index (χ0v) is 14.2. The molecule has 0 saturated carbocycles. The van der Waals surface area contributed by atoms with Crippen LogP contribution < -0.4 is 10.0 Å². The fraction of sp³-hybridized carbons (Fsp3) is 0.111. The fourth-order valence-electron chi connectivity index (χ4n) is 2.48. The largest absolute Gasteiger partial charge is 0.472 e. The molecule has 124 valence electrons. The summed E-state index contributed by atoms with van der Waals surface area (Å²) >= 11 is 0. The maximum atomic E-state index is 12.9. The highest BCUT2D eigenvalue weighted by Gasteiger charge is 2.22. The van der Waals surface area contributed by atoms with Crippen molar-refractivity contribution >= 4 is 21.4 Å². The number of rotatable bonds is 4. The second kappa shape index (κ2) is 6.05. The van der Waals surface area contributed by atoms with E-state index in [9.17, 15) is 8.42 Å². The lowest BCUT2D eigenvalue weighted by molar-refractivity contribution is 0.568. The van der Waals surface area contributed by atoms with Crippen molar-refractivity contribution in [3.63, 3.8) is 0 Å². The number of sulfonamides is 1. The van der Waals surface area contributed by atoms with Gasteiger partial charge in [0.2, 0.25) is 0 Å². The van der Waals surface area contributed by atoms with Crippen molar-refractivity contribution in [2.75, 3.05) is 17.1 Å². The molecular weight excluding hydrogens is 324 g/mol. The summed E-state index contributed by atoms with van der Waals surface area (Å²) < 4.78 is 32.1. The third-order valence-electron chi connectivity index (χ3n) is 3.94. The van der Waals surface area contributed by atoms with Gasteiger partial charge in [-0.15, -0.1) is 0 Å². The van der Waals surface area contributed by atoms with Crippen molar-refractivity contribution in [2.24, 2.45) is 0 Å². The Morgan fingerprint density at radius 2 is 1.71 bits per heavy atom. The molecule has 0 spiro atoms. The number of benzene rings is 2. The zero-order chi connectivity index (χ0) is 17.3. The minimum Gasteiger partial charge on any atom is -0.472 e. The first-order chi connectivity index (χ1) is 11.4. The molecule has 0 atom stereocenters. The van der Waals surface area contributed by atoms with Gasteiger partial charge < -0.3 is 10.2 Å². The number of nitrogens with zero attached hydrogens (tertiary/aromatic N) is 1. The van der Waals surface area contributed by atoms with Crippen LogP contribution in [0.5, 0.6) is 0 Å². The highest BCUT2D eigenvalue weighted by atomic mass is 32.2. The van der Waals surface area contributed by atoms with E-state index >= 15 is 0 Å². The lowest BCUT2D eigenvalue weighted by atomic mass is 10.1. The second-order valence-corrected chi connectivity index (χ2v) is 7.52. The lowest BCUT2D eigenvalue weighted by Crippen LogP contribution is -2.27.